The molecule has 0 aliphatic carbocycles. The van der Waals surface area contributed by atoms with E-state index in [9.17, 15) is 14.9 Å². The Morgan fingerprint density at radius 2 is 2.03 bits per heavy atom. The van der Waals surface area contributed by atoms with Gasteiger partial charge in [0.1, 0.15) is 0 Å². The number of hydrogen-bond donors (Lipinski definition) is 1. The number of benzene rings is 2. The molecule has 2 atom stereocenters. The molecule has 32 heavy (non-hydrogen) atoms. The highest BCUT2D eigenvalue weighted by molar-refractivity contribution is 6.30. The average molecular weight is 459 g/mol. The maximum atomic E-state index is 13.1. The van der Waals surface area contributed by atoms with Crippen molar-refractivity contribution < 1.29 is 14.5 Å². The predicted molar refractivity (Wildman–Crippen MR) is 123 cm³/mol. The highest BCUT2D eigenvalue weighted by atomic mass is 35.5. The third-order valence-corrected chi connectivity index (χ3v) is 6.50. The molecule has 0 bridgehead atoms. The minimum absolute atomic E-state index is 0.00690. The number of non-ortho nitro benzene ring substituents is 1. The Balaban J connectivity index is 1.57. The Morgan fingerprint density at radius 3 is 2.75 bits per heavy atom. The molecule has 0 spiro atoms. The monoisotopic (exact) mass is 458 g/mol. The van der Waals surface area contributed by atoms with Crippen molar-refractivity contribution >= 4 is 28.9 Å². The largest absolute Gasteiger partial charge is 0.383 e. The van der Waals surface area contributed by atoms with Crippen LogP contribution in [0.3, 0.4) is 0 Å². The number of nitro benzene ring substituents is 1. The first kappa shape index (κ1) is 22.5. The summed E-state index contributed by atoms with van der Waals surface area (Å²) in [6.45, 7) is 4.00. The number of ether oxygens (including phenoxy) is 1. The van der Waals surface area contributed by atoms with E-state index in [2.05, 4.69) is 15.1 Å². The van der Waals surface area contributed by atoms with Gasteiger partial charge in [-0.2, -0.15) is 0 Å². The quantitative estimate of drug-likeness (QED) is 0.390. The van der Waals surface area contributed by atoms with E-state index in [-0.39, 0.29) is 28.5 Å². The molecular formula is C23H27ClN4O4. The predicted octanol–water partition coefficient (Wildman–Crippen LogP) is 2.87. The zero-order valence-electron chi connectivity index (χ0n) is 18.0. The van der Waals surface area contributed by atoms with Crippen LogP contribution in [0.2, 0.25) is 5.02 Å². The van der Waals surface area contributed by atoms with Gasteiger partial charge in [-0.15, -0.1) is 0 Å². The second-order valence-corrected chi connectivity index (χ2v) is 8.72. The van der Waals surface area contributed by atoms with Crippen LogP contribution in [0.4, 0.5) is 11.4 Å². The third kappa shape index (κ3) is 4.87. The van der Waals surface area contributed by atoms with E-state index in [1.807, 2.05) is 30.3 Å². The van der Waals surface area contributed by atoms with Gasteiger partial charge in [-0.25, -0.2) is 0 Å². The zero-order valence-corrected chi connectivity index (χ0v) is 18.8. The number of nitro groups is 1. The normalized spacial score (nSPS) is 20.4. The Bertz CT molecular complexity index is 984. The number of rotatable bonds is 7. The SMILES string of the molecule is COCCNC(=O)[C@@H]1Cc2cc([N+](=O)[O-])ccc2N2CCN(Cc3ccc(Cl)cc3)C[C@H]12. The van der Waals surface area contributed by atoms with Gasteiger partial charge in [-0.1, -0.05) is 23.7 Å². The second kappa shape index (κ2) is 9.85. The van der Waals surface area contributed by atoms with Crippen LogP contribution in [0.5, 0.6) is 0 Å². The number of piperazine rings is 1. The number of hydrogen-bond acceptors (Lipinski definition) is 6. The van der Waals surface area contributed by atoms with Gasteiger partial charge in [-0.3, -0.25) is 19.8 Å². The number of fused-ring (bicyclic) bond motifs is 3. The van der Waals surface area contributed by atoms with Gasteiger partial charge in [0, 0.05) is 62.7 Å². The lowest BCUT2D eigenvalue weighted by Gasteiger charge is -2.49. The number of nitrogens with one attached hydrogen (secondary N) is 1. The van der Waals surface area contributed by atoms with E-state index in [1.54, 1.807) is 19.2 Å². The van der Waals surface area contributed by atoms with Crippen LogP contribution in [-0.4, -0.2) is 61.7 Å². The van der Waals surface area contributed by atoms with Crippen LogP contribution in [-0.2, 0) is 22.5 Å². The van der Waals surface area contributed by atoms with Crippen molar-refractivity contribution in [2.75, 3.05) is 44.8 Å². The second-order valence-electron chi connectivity index (χ2n) is 8.29. The van der Waals surface area contributed by atoms with Crippen molar-refractivity contribution in [2.45, 2.75) is 19.0 Å². The molecule has 1 saturated heterocycles. The standard InChI is InChI=1S/C23H27ClN4O4/c1-32-11-8-25-23(29)20-13-17-12-19(28(30)31)6-7-21(17)27-10-9-26(15-22(20)27)14-16-2-4-18(24)5-3-16/h2-7,12,20,22H,8-11,13-15H2,1H3,(H,25,29)/t20-,22-/m1/s1. The zero-order chi connectivity index (χ0) is 22.7. The van der Waals surface area contributed by atoms with Crippen LogP contribution in [0.15, 0.2) is 42.5 Å². The number of halogens is 1. The molecule has 0 saturated carbocycles. The summed E-state index contributed by atoms with van der Waals surface area (Å²) in [4.78, 5) is 28.6. The van der Waals surface area contributed by atoms with Crippen molar-refractivity contribution in [3.05, 3.63) is 68.7 Å². The Hall–Kier alpha value is -2.68. The minimum Gasteiger partial charge on any atom is -0.383 e. The van der Waals surface area contributed by atoms with Gasteiger partial charge in [-0.05, 0) is 35.7 Å². The van der Waals surface area contributed by atoms with Crippen LogP contribution in [0, 0.1) is 16.0 Å². The van der Waals surface area contributed by atoms with Gasteiger partial charge < -0.3 is 15.0 Å². The average Bonchev–Trinajstić information content (AvgIpc) is 2.79. The number of anilines is 1. The van der Waals surface area contributed by atoms with Crippen molar-refractivity contribution in [1.82, 2.24) is 10.2 Å². The van der Waals surface area contributed by atoms with E-state index in [0.29, 0.717) is 24.6 Å². The minimum atomic E-state index is -0.385. The van der Waals surface area contributed by atoms with Crippen LogP contribution in [0.25, 0.3) is 0 Å². The Morgan fingerprint density at radius 1 is 1.25 bits per heavy atom. The molecule has 2 aliphatic heterocycles. The summed E-state index contributed by atoms with van der Waals surface area (Å²) >= 11 is 6.01. The van der Waals surface area contributed by atoms with E-state index in [4.69, 9.17) is 16.3 Å². The van der Waals surface area contributed by atoms with Crippen LogP contribution >= 0.6 is 11.6 Å². The fourth-order valence-electron chi connectivity index (χ4n) is 4.68. The third-order valence-electron chi connectivity index (χ3n) is 6.25. The molecule has 2 heterocycles. The molecule has 2 aliphatic rings. The number of nitrogens with zero attached hydrogens (tertiary/aromatic N) is 3. The van der Waals surface area contributed by atoms with E-state index >= 15 is 0 Å². The maximum Gasteiger partial charge on any atom is 0.269 e. The topological polar surface area (TPSA) is 87.9 Å². The van der Waals surface area contributed by atoms with Gasteiger partial charge in [0.05, 0.1) is 23.5 Å². The van der Waals surface area contributed by atoms with Gasteiger partial charge in [0.2, 0.25) is 5.91 Å². The molecule has 8 nitrogen and oxygen atoms in total. The molecule has 0 radical (unpaired) electrons. The summed E-state index contributed by atoms with van der Waals surface area (Å²) in [5, 5.41) is 15.0. The highest BCUT2D eigenvalue weighted by Crippen LogP contribution is 2.38. The Labute approximate surface area is 192 Å². The number of carbonyl (C=O) groups is 1. The molecule has 4 rings (SSSR count). The summed E-state index contributed by atoms with van der Waals surface area (Å²) in [5.74, 6) is -0.336. The van der Waals surface area contributed by atoms with E-state index in [1.165, 1.54) is 5.56 Å². The fraction of sp³-hybridized carbons (Fsp3) is 0.435. The van der Waals surface area contributed by atoms with Crippen molar-refractivity contribution in [2.24, 2.45) is 5.92 Å². The number of methoxy groups -OCH3 is 1. The first-order valence-electron chi connectivity index (χ1n) is 10.7. The van der Waals surface area contributed by atoms with E-state index < -0.39 is 0 Å². The first-order chi connectivity index (χ1) is 15.5. The smallest absolute Gasteiger partial charge is 0.269 e. The molecule has 1 fully saturated rings. The summed E-state index contributed by atoms with van der Waals surface area (Å²) in [7, 11) is 1.60. The molecule has 0 unspecified atom stereocenters. The summed E-state index contributed by atoms with van der Waals surface area (Å²) in [6.07, 6.45) is 0.478. The molecule has 1 amide bonds. The van der Waals surface area contributed by atoms with Crippen molar-refractivity contribution in [3.8, 4) is 0 Å². The molecule has 2 aromatic carbocycles. The molecule has 1 N–H and O–H groups in total. The fourth-order valence-corrected chi connectivity index (χ4v) is 4.81. The Kier molecular flexibility index (Phi) is 6.93. The number of carbonyl (C=O) groups excluding carboxylic acids is 1. The summed E-state index contributed by atoms with van der Waals surface area (Å²) < 4.78 is 5.06. The maximum absolute atomic E-state index is 13.1. The van der Waals surface area contributed by atoms with Gasteiger partial charge in [0.25, 0.3) is 5.69 Å². The van der Waals surface area contributed by atoms with Gasteiger partial charge >= 0.3 is 0 Å². The lowest BCUT2D eigenvalue weighted by Crippen LogP contribution is -2.61. The lowest BCUT2D eigenvalue weighted by atomic mass is 9.83. The molecular weight excluding hydrogens is 432 g/mol. The molecule has 0 aromatic heterocycles. The van der Waals surface area contributed by atoms with Crippen molar-refractivity contribution in [1.29, 1.82) is 0 Å². The van der Waals surface area contributed by atoms with Gasteiger partial charge in [0.15, 0.2) is 0 Å². The summed E-state index contributed by atoms with van der Waals surface area (Å²) in [6, 6.07) is 12.8. The van der Waals surface area contributed by atoms with E-state index in [0.717, 1.165) is 37.4 Å². The summed E-state index contributed by atoms with van der Waals surface area (Å²) in [5.41, 5.74) is 3.08. The van der Waals surface area contributed by atoms with Crippen LogP contribution in [0.1, 0.15) is 11.1 Å². The van der Waals surface area contributed by atoms with Crippen LogP contribution < -0.4 is 10.2 Å². The highest BCUT2D eigenvalue weighted by Gasteiger charge is 2.41. The molecule has 9 heteroatoms. The van der Waals surface area contributed by atoms with Crippen molar-refractivity contribution in [3.63, 3.8) is 0 Å². The molecule has 170 valence electrons. The molecule has 2 aromatic rings. The lowest BCUT2D eigenvalue weighted by molar-refractivity contribution is -0.384. The first-order valence-corrected chi connectivity index (χ1v) is 11.1. The number of amides is 1.